The van der Waals surface area contributed by atoms with Gasteiger partial charge in [0.2, 0.25) is 0 Å². The van der Waals surface area contributed by atoms with Crippen LogP contribution in [0.3, 0.4) is 0 Å². The summed E-state index contributed by atoms with van der Waals surface area (Å²) in [4.78, 5) is 0. The largest absolute Gasteiger partial charge is 0.488 e. The Hall–Kier alpha value is -2.04. The molecule has 0 saturated carbocycles. The highest BCUT2D eigenvalue weighted by Crippen LogP contribution is 2.40. The molecule has 1 heterocycles. The molecule has 0 bridgehead atoms. The highest BCUT2D eigenvalue weighted by atomic mass is 16.5. The Morgan fingerprint density at radius 1 is 1.25 bits per heavy atom. The van der Waals surface area contributed by atoms with Crippen molar-refractivity contribution in [3.63, 3.8) is 0 Å². The Bertz CT molecular complexity index is 642. The van der Waals surface area contributed by atoms with Crippen molar-refractivity contribution in [2.75, 3.05) is 19.3 Å². The number of ether oxygens (including phenoxy) is 1. The van der Waals surface area contributed by atoms with Crippen LogP contribution in [0.4, 0.5) is 5.69 Å². The highest BCUT2D eigenvalue weighted by molar-refractivity contribution is 5.54. The molecule has 0 aromatic heterocycles. The first kappa shape index (κ1) is 13.0. The Labute approximate surface area is 118 Å². The molecule has 2 aromatic rings. The Balaban J connectivity index is 2.27. The molecule has 1 aliphatic heterocycles. The topological polar surface area (TPSA) is 67.5 Å². The van der Waals surface area contributed by atoms with E-state index >= 15 is 0 Å². The number of likely N-dealkylation sites (N-methyl/N-ethyl adjacent to an activating group) is 1. The number of nitrogens with one attached hydrogen (secondary N) is 1. The molecule has 0 radical (unpaired) electrons. The van der Waals surface area contributed by atoms with Crippen LogP contribution in [0, 0.1) is 0 Å². The summed E-state index contributed by atoms with van der Waals surface area (Å²) in [5.74, 6) is 0.708. The van der Waals surface area contributed by atoms with E-state index in [0.29, 0.717) is 24.6 Å². The maximum atomic E-state index is 11.3. The lowest BCUT2D eigenvalue weighted by molar-refractivity contribution is 0.0816. The van der Waals surface area contributed by atoms with E-state index in [-0.39, 0.29) is 0 Å². The van der Waals surface area contributed by atoms with Gasteiger partial charge in [-0.3, -0.25) is 0 Å². The standard InChI is InChI=1S/C16H18N2O2/c1-18-10-16(19)13-4-2-3-5-15(13)20-9-11-6-7-12(17)8-14(11)16/h2-8,18-19H,9-10,17H2,1H3. The molecule has 0 saturated heterocycles. The summed E-state index contributed by atoms with van der Waals surface area (Å²) >= 11 is 0. The summed E-state index contributed by atoms with van der Waals surface area (Å²) in [6.45, 7) is 0.822. The number of anilines is 1. The van der Waals surface area contributed by atoms with Gasteiger partial charge in [-0.05, 0) is 36.4 Å². The zero-order chi connectivity index (χ0) is 14.2. The zero-order valence-corrected chi connectivity index (χ0v) is 11.4. The third-order valence-electron chi connectivity index (χ3n) is 3.73. The van der Waals surface area contributed by atoms with Crippen LogP contribution in [0.1, 0.15) is 16.7 Å². The SMILES string of the molecule is CNCC1(O)c2cc(N)ccc2COc2ccccc21. The minimum absolute atomic E-state index is 0.393. The lowest BCUT2D eigenvalue weighted by Gasteiger charge is -2.29. The van der Waals surface area contributed by atoms with E-state index in [1.54, 1.807) is 0 Å². The average Bonchev–Trinajstić information content (AvgIpc) is 2.57. The van der Waals surface area contributed by atoms with E-state index in [2.05, 4.69) is 5.32 Å². The molecule has 1 unspecified atom stereocenters. The van der Waals surface area contributed by atoms with E-state index < -0.39 is 5.60 Å². The van der Waals surface area contributed by atoms with Crippen LogP contribution in [0.5, 0.6) is 5.75 Å². The van der Waals surface area contributed by atoms with Gasteiger partial charge in [0.25, 0.3) is 0 Å². The molecule has 2 aromatic carbocycles. The summed E-state index contributed by atoms with van der Waals surface area (Å²) in [5.41, 5.74) is 7.91. The summed E-state index contributed by atoms with van der Waals surface area (Å²) in [7, 11) is 1.82. The maximum absolute atomic E-state index is 11.3. The Morgan fingerprint density at radius 3 is 2.85 bits per heavy atom. The number of nitrogen functional groups attached to an aromatic ring is 1. The first-order chi connectivity index (χ1) is 9.65. The van der Waals surface area contributed by atoms with E-state index in [1.807, 2.05) is 49.5 Å². The van der Waals surface area contributed by atoms with Gasteiger partial charge in [0.05, 0.1) is 0 Å². The van der Waals surface area contributed by atoms with Gasteiger partial charge >= 0.3 is 0 Å². The summed E-state index contributed by atoms with van der Waals surface area (Å²) in [6.07, 6.45) is 0. The lowest BCUT2D eigenvalue weighted by atomic mass is 9.83. The van der Waals surface area contributed by atoms with E-state index in [9.17, 15) is 5.11 Å². The van der Waals surface area contributed by atoms with E-state index in [4.69, 9.17) is 10.5 Å². The molecular weight excluding hydrogens is 252 g/mol. The van der Waals surface area contributed by atoms with Crippen molar-refractivity contribution in [1.29, 1.82) is 0 Å². The van der Waals surface area contributed by atoms with Gasteiger partial charge in [-0.1, -0.05) is 24.3 Å². The molecule has 1 atom stereocenters. The fourth-order valence-electron chi connectivity index (χ4n) is 2.79. The number of fused-ring (bicyclic) bond motifs is 2. The van der Waals surface area contributed by atoms with Gasteiger partial charge in [0, 0.05) is 17.8 Å². The van der Waals surface area contributed by atoms with Gasteiger partial charge in [-0.2, -0.15) is 0 Å². The minimum Gasteiger partial charge on any atom is -0.488 e. The summed E-state index contributed by atoms with van der Waals surface area (Å²) in [5, 5.41) is 14.3. The molecule has 3 rings (SSSR count). The molecule has 0 aliphatic carbocycles. The number of benzene rings is 2. The van der Waals surface area contributed by atoms with Crippen molar-refractivity contribution in [3.05, 3.63) is 59.2 Å². The summed E-state index contributed by atoms with van der Waals surface area (Å²) in [6, 6.07) is 13.2. The number of rotatable bonds is 2. The van der Waals surface area contributed by atoms with Crippen molar-refractivity contribution >= 4 is 5.69 Å². The highest BCUT2D eigenvalue weighted by Gasteiger charge is 2.37. The molecule has 0 amide bonds. The summed E-state index contributed by atoms with van der Waals surface area (Å²) < 4.78 is 5.83. The molecule has 1 aliphatic rings. The molecular formula is C16H18N2O2. The molecule has 4 nitrogen and oxygen atoms in total. The molecule has 4 heteroatoms. The predicted molar refractivity (Wildman–Crippen MR) is 78.6 cm³/mol. The van der Waals surface area contributed by atoms with Crippen LogP contribution in [0.25, 0.3) is 0 Å². The van der Waals surface area contributed by atoms with Crippen LogP contribution in [-0.2, 0) is 12.2 Å². The van der Waals surface area contributed by atoms with Gasteiger partial charge in [0.1, 0.15) is 18.0 Å². The monoisotopic (exact) mass is 270 g/mol. The first-order valence-electron chi connectivity index (χ1n) is 6.63. The van der Waals surface area contributed by atoms with Crippen molar-refractivity contribution in [2.24, 2.45) is 0 Å². The number of para-hydroxylation sites is 1. The van der Waals surface area contributed by atoms with Crippen LogP contribution in [0.2, 0.25) is 0 Å². The second-order valence-electron chi connectivity index (χ2n) is 5.09. The smallest absolute Gasteiger partial charge is 0.131 e. The third kappa shape index (κ3) is 1.94. The molecule has 4 N–H and O–H groups in total. The molecule has 0 spiro atoms. The van der Waals surface area contributed by atoms with Gasteiger partial charge in [-0.15, -0.1) is 0 Å². The van der Waals surface area contributed by atoms with Crippen molar-refractivity contribution in [3.8, 4) is 5.75 Å². The second-order valence-corrected chi connectivity index (χ2v) is 5.09. The normalized spacial score (nSPS) is 20.5. The molecule has 0 fully saturated rings. The third-order valence-corrected chi connectivity index (χ3v) is 3.73. The fraction of sp³-hybridized carbons (Fsp3) is 0.250. The Morgan fingerprint density at radius 2 is 2.05 bits per heavy atom. The average molecular weight is 270 g/mol. The maximum Gasteiger partial charge on any atom is 0.131 e. The molecule has 104 valence electrons. The first-order valence-corrected chi connectivity index (χ1v) is 6.63. The van der Waals surface area contributed by atoms with Gasteiger partial charge in [0.15, 0.2) is 0 Å². The number of hydrogen-bond acceptors (Lipinski definition) is 4. The predicted octanol–water partition coefficient (Wildman–Crippen LogP) is 1.62. The molecule has 20 heavy (non-hydrogen) atoms. The fourth-order valence-corrected chi connectivity index (χ4v) is 2.79. The zero-order valence-electron chi connectivity index (χ0n) is 11.4. The lowest BCUT2D eigenvalue weighted by Crippen LogP contribution is -2.38. The van der Waals surface area contributed by atoms with Crippen molar-refractivity contribution < 1.29 is 9.84 Å². The van der Waals surface area contributed by atoms with E-state index in [1.165, 1.54) is 0 Å². The van der Waals surface area contributed by atoms with Crippen molar-refractivity contribution in [1.82, 2.24) is 5.32 Å². The van der Waals surface area contributed by atoms with E-state index in [0.717, 1.165) is 16.7 Å². The van der Waals surface area contributed by atoms with Gasteiger partial charge < -0.3 is 20.9 Å². The number of nitrogens with two attached hydrogens (primary N) is 1. The number of hydrogen-bond donors (Lipinski definition) is 3. The quantitative estimate of drug-likeness (QED) is 0.725. The van der Waals surface area contributed by atoms with Crippen LogP contribution in [0.15, 0.2) is 42.5 Å². The Kier molecular flexibility index (Phi) is 3.12. The second kappa shape index (κ2) is 4.81. The van der Waals surface area contributed by atoms with Crippen LogP contribution in [-0.4, -0.2) is 18.7 Å². The number of aliphatic hydroxyl groups is 1. The minimum atomic E-state index is -1.15. The van der Waals surface area contributed by atoms with Gasteiger partial charge in [-0.25, -0.2) is 0 Å². The van der Waals surface area contributed by atoms with Crippen LogP contribution < -0.4 is 15.8 Å². The van der Waals surface area contributed by atoms with Crippen molar-refractivity contribution in [2.45, 2.75) is 12.2 Å². The van der Waals surface area contributed by atoms with Crippen LogP contribution >= 0.6 is 0 Å².